The molecular formula is C85H140O17P2. The highest BCUT2D eigenvalue weighted by Gasteiger charge is 2.30. The van der Waals surface area contributed by atoms with Crippen LogP contribution in [0.3, 0.4) is 0 Å². The van der Waals surface area contributed by atoms with E-state index in [-0.39, 0.29) is 25.7 Å². The lowest BCUT2D eigenvalue weighted by Crippen LogP contribution is -2.30. The predicted octanol–water partition coefficient (Wildman–Crippen LogP) is 23.2. The van der Waals surface area contributed by atoms with E-state index in [1.54, 1.807) is 0 Å². The van der Waals surface area contributed by atoms with E-state index in [0.29, 0.717) is 32.1 Å². The molecule has 0 aromatic heterocycles. The number of rotatable bonds is 73. The van der Waals surface area contributed by atoms with Crippen molar-refractivity contribution < 1.29 is 80.2 Å². The Kier molecular flexibility index (Phi) is 72.0. The van der Waals surface area contributed by atoms with Crippen LogP contribution in [0.1, 0.15) is 297 Å². The first kappa shape index (κ1) is 98.7. The van der Waals surface area contributed by atoms with Gasteiger partial charge in [0.25, 0.3) is 0 Å². The molecule has 0 aliphatic carbocycles. The number of esters is 4. The maximum atomic E-state index is 13.1. The van der Waals surface area contributed by atoms with Crippen LogP contribution in [-0.2, 0) is 65.4 Å². The Morgan fingerprint density at radius 1 is 0.279 bits per heavy atom. The van der Waals surface area contributed by atoms with Crippen LogP contribution in [0.2, 0.25) is 0 Å². The van der Waals surface area contributed by atoms with Gasteiger partial charge in [-0.05, 0) is 161 Å². The lowest BCUT2D eigenvalue weighted by Gasteiger charge is -2.21. The van der Waals surface area contributed by atoms with Gasteiger partial charge in [0.2, 0.25) is 0 Å². The molecule has 0 aliphatic rings. The van der Waals surface area contributed by atoms with Gasteiger partial charge in [-0.2, -0.15) is 0 Å². The maximum absolute atomic E-state index is 13.1. The quantitative estimate of drug-likeness (QED) is 0.0169. The molecule has 0 bridgehead atoms. The third-order valence-electron chi connectivity index (χ3n) is 16.0. The largest absolute Gasteiger partial charge is 0.472 e. The topological polar surface area (TPSA) is 237 Å². The van der Waals surface area contributed by atoms with Gasteiger partial charge in [0, 0.05) is 25.7 Å². The molecule has 104 heavy (non-hydrogen) atoms. The molecule has 5 unspecified atom stereocenters. The van der Waals surface area contributed by atoms with Gasteiger partial charge >= 0.3 is 39.5 Å². The van der Waals surface area contributed by atoms with E-state index in [4.69, 9.17) is 37.0 Å². The Morgan fingerprint density at radius 3 is 0.827 bits per heavy atom. The molecule has 0 radical (unpaired) electrons. The van der Waals surface area contributed by atoms with Gasteiger partial charge in [-0.3, -0.25) is 37.3 Å². The van der Waals surface area contributed by atoms with Crippen LogP contribution >= 0.6 is 15.6 Å². The number of phosphoric ester groups is 2. The minimum atomic E-state index is -5.01. The number of carbonyl (C=O) groups excluding carboxylic acids is 4. The van der Waals surface area contributed by atoms with Crippen LogP contribution in [0.4, 0.5) is 0 Å². The number of carbonyl (C=O) groups is 4. The summed E-state index contributed by atoms with van der Waals surface area (Å²) in [5.74, 6) is -2.33. The molecule has 0 aliphatic heterocycles. The third-order valence-corrected chi connectivity index (χ3v) is 17.9. The van der Waals surface area contributed by atoms with Gasteiger partial charge in [0.1, 0.15) is 19.3 Å². The minimum Gasteiger partial charge on any atom is -0.462 e. The van der Waals surface area contributed by atoms with Crippen molar-refractivity contribution in [2.75, 3.05) is 39.6 Å². The zero-order valence-electron chi connectivity index (χ0n) is 64.6. The zero-order valence-corrected chi connectivity index (χ0v) is 66.4. The molecule has 3 N–H and O–H groups in total. The first-order valence-corrected chi connectivity index (χ1v) is 42.7. The lowest BCUT2D eigenvalue weighted by atomic mass is 10.1. The molecule has 0 amide bonds. The van der Waals surface area contributed by atoms with Crippen LogP contribution in [0.15, 0.2) is 158 Å². The Hall–Kier alpha value is -5.32. The monoisotopic (exact) mass is 1490 g/mol. The summed E-state index contributed by atoms with van der Waals surface area (Å²) in [6.45, 7) is 4.45. The summed E-state index contributed by atoms with van der Waals surface area (Å²) >= 11 is 0. The lowest BCUT2D eigenvalue weighted by molar-refractivity contribution is -0.161. The number of aliphatic hydroxyl groups is 1. The van der Waals surface area contributed by atoms with E-state index in [0.717, 1.165) is 173 Å². The van der Waals surface area contributed by atoms with Crippen molar-refractivity contribution in [3.63, 3.8) is 0 Å². The Labute approximate surface area is 629 Å². The fraction of sp³-hybridized carbons (Fsp3) is 0.647. The highest BCUT2D eigenvalue weighted by molar-refractivity contribution is 7.47. The molecule has 592 valence electrons. The van der Waals surface area contributed by atoms with Gasteiger partial charge in [0.05, 0.1) is 26.4 Å². The number of aliphatic hydroxyl groups excluding tert-OH is 1. The molecule has 5 atom stereocenters. The molecule has 0 spiro atoms. The maximum Gasteiger partial charge on any atom is 0.472 e. The van der Waals surface area contributed by atoms with Crippen molar-refractivity contribution in [3.05, 3.63) is 158 Å². The second-order valence-electron chi connectivity index (χ2n) is 25.9. The molecule has 17 nitrogen and oxygen atoms in total. The molecule has 0 saturated heterocycles. The van der Waals surface area contributed by atoms with E-state index in [9.17, 15) is 43.2 Å². The number of phosphoric acid groups is 2. The summed E-state index contributed by atoms with van der Waals surface area (Å²) in [7, 11) is -10.0. The van der Waals surface area contributed by atoms with E-state index in [1.807, 2.05) is 18.2 Å². The molecule has 0 rings (SSSR count). The normalized spacial score (nSPS) is 14.7. The highest BCUT2D eigenvalue weighted by Crippen LogP contribution is 2.45. The predicted molar refractivity (Wildman–Crippen MR) is 427 cm³/mol. The van der Waals surface area contributed by atoms with E-state index in [1.165, 1.54) is 38.5 Å². The third kappa shape index (κ3) is 74.9. The van der Waals surface area contributed by atoms with Gasteiger partial charge in [-0.15, -0.1) is 0 Å². The van der Waals surface area contributed by atoms with Crippen LogP contribution in [-0.4, -0.2) is 96.7 Å². The van der Waals surface area contributed by atoms with Gasteiger partial charge in [-0.25, -0.2) is 9.13 Å². The van der Waals surface area contributed by atoms with Gasteiger partial charge < -0.3 is 33.8 Å². The summed E-state index contributed by atoms with van der Waals surface area (Å²) < 4.78 is 68.5. The summed E-state index contributed by atoms with van der Waals surface area (Å²) in [5, 5.41) is 10.6. The number of hydrogen-bond donors (Lipinski definition) is 3. The molecule has 0 aromatic rings. The minimum absolute atomic E-state index is 0.0267. The van der Waals surface area contributed by atoms with Crippen LogP contribution in [0.25, 0.3) is 0 Å². The van der Waals surface area contributed by atoms with E-state index in [2.05, 4.69) is 167 Å². The highest BCUT2D eigenvalue weighted by atomic mass is 31.2. The number of hydrogen-bond acceptors (Lipinski definition) is 15. The molecule has 0 fully saturated rings. The second kappa shape index (κ2) is 75.9. The van der Waals surface area contributed by atoms with Crippen LogP contribution < -0.4 is 0 Å². The number of ether oxygens (including phenoxy) is 4. The molecule has 0 aromatic carbocycles. The molecular weight excluding hydrogens is 1350 g/mol. The Balaban J connectivity index is 5.47. The Bertz CT molecular complexity index is 2590. The SMILES string of the molecule is CC/C=C\C/C=C\C/C=C\C/C=C\C/C=C\C/C=C\CCC(=O)OCC(COP(=O)(O)OCC(O)COP(=O)(O)OCC(COC(=O)CCCCCCC/C=C\C/C=C\CCCCC)OC(=O)CCCCCCC/C=C\C/C=C\CCCCC)OC(=O)CCCCCCC/C=C\C/C=C\C/C=C\CC. The fourth-order valence-corrected chi connectivity index (χ4v) is 11.5. The van der Waals surface area contributed by atoms with Crippen molar-refractivity contribution in [2.45, 2.75) is 316 Å². The fourth-order valence-electron chi connectivity index (χ4n) is 9.97. The zero-order chi connectivity index (χ0) is 76.0. The smallest absolute Gasteiger partial charge is 0.462 e. The molecule has 0 saturated carbocycles. The van der Waals surface area contributed by atoms with Crippen molar-refractivity contribution in [1.29, 1.82) is 0 Å². The second-order valence-corrected chi connectivity index (χ2v) is 28.8. The number of allylic oxidation sites excluding steroid dienone is 26. The van der Waals surface area contributed by atoms with E-state index >= 15 is 0 Å². The van der Waals surface area contributed by atoms with Gasteiger partial charge in [0.15, 0.2) is 12.2 Å². The standard InChI is InChI=1S/C85H140O17P2/c1-5-9-13-17-21-25-29-33-37-38-39-40-44-46-50-54-58-62-66-70-83(88)96-76-81(102-85(90)72-68-64-60-56-52-48-43-36-32-28-24-20-16-12-8-4)78-100-104(93,94)98-74-79(86)73-97-103(91,92)99-77-80(101-84(89)71-67-63-59-55-51-47-42-35-31-27-23-19-15-11-7-3)75-95-82(87)69-65-61-57-53-49-45-41-34-30-26-22-18-14-10-6-2/h9,12-13,16,21-28,33-37,39-43,46,50,58,62,79-81,86H,5-8,10-11,14-15,17-20,29-32,38,44-45,47-49,51-57,59-61,63-78H2,1-4H3,(H,91,92)(H,93,94)/b13-9-,16-12-,25-21-,26-22-,27-23-,28-24-,37-33-,40-39-,41-34-,42-35-,43-36-,50-46-,62-58-. The Morgan fingerprint density at radius 2 is 0.519 bits per heavy atom. The summed E-state index contributed by atoms with van der Waals surface area (Å²) in [4.78, 5) is 73.0. The first-order valence-electron chi connectivity index (χ1n) is 39.7. The number of unbranched alkanes of at least 4 members (excludes halogenated alkanes) is 21. The summed E-state index contributed by atoms with van der Waals surface area (Å²) in [6.07, 6.45) is 88.0. The molecule has 19 heteroatoms. The van der Waals surface area contributed by atoms with Gasteiger partial charge in [-0.1, -0.05) is 269 Å². The van der Waals surface area contributed by atoms with E-state index < -0.39 is 97.5 Å². The van der Waals surface area contributed by atoms with Crippen molar-refractivity contribution in [1.82, 2.24) is 0 Å². The van der Waals surface area contributed by atoms with Crippen molar-refractivity contribution in [3.8, 4) is 0 Å². The van der Waals surface area contributed by atoms with Crippen molar-refractivity contribution >= 4 is 39.5 Å². The first-order chi connectivity index (χ1) is 50.7. The van der Waals surface area contributed by atoms with Crippen LogP contribution in [0.5, 0.6) is 0 Å². The summed E-state index contributed by atoms with van der Waals surface area (Å²) in [6, 6.07) is 0. The summed E-state index contributed by atoms with van der Waals surface area (Å²) in [5.41, 5.74) is 0. The average Bonchev–Trinajstić information content (AvgIpc) is 0.918. The molecule has 0 heterocycles. The average molecular weight is 1500 g/mol. The van der Waals surface area contributed by atoms with Crippen molar-refractivity contribution in [2.24, 2.45) is 0 Å². The van der Waals surface area contributed by atoms with Crippen LogP contribution in [0, 0.1) is 0 Å².